The van der Waals surface area contributed by atoms with Gasteiger partial charge in [0.1, 0.15) is 18.1 Å². The van der Waals surface area contributed by atoms with Crippen molar-refractivity contribution in [2.45, 2.75) is 76.0 Å². The predicted molar refractivity (Wildman–Crippen MR) is 138 cm³/mol. The summed E-state index contributed by atoms with van der Waals surface area (Å²) in [5.41, 5.74) is 17.8. The van der Waals surface area contributed by atoms with Gasteiger partial charge in [-0.1, -0.05) is 30.3 Å². The van der Waals surface area contributed by atoms with E-state index in [1.807, 2.05) is 0 Å². The van der Waals surface area contributed by atoms with Crippen LogP contribution in [0.4, 0.5) is 0 Å². The van der Waals surface area contributed by atoms with Crippen molar-refractivity contribution in [1.29, 1.82) is 0 Å². The molecule has 0 heterocycles. The second kappa shape index (κ2) is 15.6. The van der Waals surface area contributed by atoms with Gasteiger partial charge in [-0.2, -0.15) is 0 Å². The summed E-state index contributed by atoms with van der Waals surface area (Å²) < 4.78 is 0. The number of carbonyl (C=O) groups excluding carboxylic acids is 4. The second-order valence-corrected chi connectivity index (χ2v) is 9.08. The molecule has 0 saturated heterocycles. The van der Waals surface area contributed by atoms with E-state index in [9.17, 15) is 24.0 Å². The van der Waals surface area contributed by atoms with Gasteiger partial charge in [0.25, 0.3) is 0 Å². The Labute approximate surface area is 217 Å². The molecule has 0 bridgehead atoms. The minimum Gasteiger partial charge on any atom is -0.481 e. The van der Waals surface area contributed by atoms with E-state index in [1.165, 1.54) is 25.8 Å². The fraction of sp³-hybridized carbons (Fsp3) is 0.560. The van der Waals surface area contributed by atoms with E-state index in [4.69, 9.17) is 22.3 Å². The minimum atomic E-state index is -1.09. The zero-order valence-corrected chi connectivity index (χ0v) is 21.7. The number of carbonyl (C=O) groups is 5. The van der Waals surface area contributed by atoms with Gasteiger partial charge in [-0.15, -0.1) is 0 Å². The van der Waals surface area contributed by atoms with Crippen LogP contribution in [0.25, 0.3) is 0 Å². The molecule has 0 aliphatic heterocycles. The molecule has 0 aliphatic carbocycles. The molecule has 0 spiro atoms. The Morgan fingerprint density at radius 2 is 1.59 bits per heavy atom. The van der Waals surface area contributed by atoms with Crippen LogP contribution in [0.3, 0.4) is 0 Å². The third-order valence-corrected chi connectivity index (χ3v) is 6.28. The highest BCUT2D eigenvalue weighted by Crippen LogP contribution is 2.25. The summed E-state index contributed by atoms with van der Waals surface area (Å²) in [6.45, 7) is 3.38. The summed E-state index contributed by atoms with van der Waals surface area (Å²) in [6, 6.07) is 4.91. The van der Waals surface area contributed by atoms with Crippen molar-refractivity contribution < 1.29 is 29.1 Å². The maximum Gasteiger partial charge on any atom is 0.303 e. The van der Waals surface area contributed by atoms with Crippen molar-refractivity contribution in [1.82, 2.24) is 15.5 Å². The smallest absolute Gasteiger partial charge is 0.303 e. The molecule has 1 aromatic rings. The summed E-state index contributed by atoms with van der Waals surface area (Å²) in [4.78, 5) is 62.4. The Kier molecular flexibility index (Phi) is 13.3. The molecular formula is C25H40N6O6. The Morgan fingerprint density at radius 1 is 0.973 bits per heavy atom. The lowest BCUT2D eigenvalue weighted by Crippen LogP contribution is -2.56. The largest absolute Gasteiger partial charge is 0.481 e. The van der Waals surface area contributed by atoms with Crippen molar-refractivity contribution in [3.05, 3.63) is 35.9 Å². The average molecular weight is 521 g/mol. The highest BCUT2D eigenvalue weighted by atomic mass is 16.4. The number of nitrogens with one attached hydrogen (secondary N) is 2. The van der Waals surface area contributed by atoms with Crippen LogP contribution in [0.5, 0.6) is 0 Å². The standard InChI is InChI=1S/C25H40N6O6/c1-15(23(35)30-19(22(28)34)11-7-8-14-26)29-24(36)16(2)31(3)25(37)21(27)18(12-13-20(32)33)17-9-5-4-6-10-17/h4-6,9-10,15-16,18-19,21H,7-8,11-14,26-27H2,1-3H3,(H2,28,34)(H,29,36)(H,30,35)(H,32,33)/t15-,16-,18?,19-,21-/m0/s1. The number of hydrogen-bond acceptors (Lipinski definition) is 7. The number of likely N-dealkylation sites (N-methyl/N-ethyl adjacent to an activating group) is 1. The highest BCUT2D eigenvalue weighted by Gasteiger charge is 2.33. The lowest BCUT2D eigenvalue weighted by molar-refractivity contribution is -0.141. The zero-order chi connectivity index (χ0) is 28.1. The first-order valence-electron chi connectivity index (χ1n) is 12.3. The van der Waals surface area contributed by atoms with Crippen LogP contribution < -0.4 is 27.8 Å². The minimum absolute atomic E-state index is 0.143. The van der Waals surface area contributed by atoms with Gasteiger partial charge < -0.3 is 37.8 Å². The van der Waals surface area contributed by atoms with Crippen LogP contribution in [0.1, 0.15) is 57.4 Å². The maximum absolute atomic E-state index is 13.1. The van der Waals surface area contributed by atoms with E-state index in [0.717, 1.165) is 5.56 Å². The van der Waals surface area contributed by atoms with Crippen LogP contribution >= 0.6 is 0 Å². The lowest BCUT2D eigenvalue weighted by atomic mass is 9.87. The van der Waals surface area contributed by atoms with Crippen molar-refractivity contribution in [2.75, 3.05) is 13.6 Å². The van der Waals surface area contributed by atoms with Gasteiger partial charge in [-0.3, -0.25) is 24.0 Å². The monoisotopic (exact) mass is 520 g/mol. The molecule has 0 aliphatic rings. The first-order valence-corrected chi connectivity index (χ1v) is 12.3. The summed E-state index contributed by atoms with van der Waals surface area (Å²) in [5.74, 6) is -4.02. The number of nitrogens with zero attached hydrogens (tertiary/aromatic N) is 1. The highest BCUT2D eigenvalue weighted by molar-refractivity contribution is 5.94. The summed E-state index contributed by atoms with van der Waals surface area (Å²) in [7, 11) is 1.41. The van der Waals surface area contributed by atoms with Crippen molar-refractivity contribution in [2.24, 2.45) is 17.2 Å². The molecule has 1 rings (SSSR count). The van der Waals surface area contributed by atoms with Gasteiger partial charge >= 0.3 is 5.97 Å². The van der Waals surface area contributed by atoms with Gasteiger partial charge in [-0.05, 0) is 51.6 Å². The van der Waals surface area contributed by atoms with Gasteiger partial charge in [0.15, 0.2) is 0 Å². The molecule has 12 heteroatoms. The van der Waals surface area contributed by atoms with Gasteiger partial charge in [0, 0.05) is 19.4 Å². The van der Waals surface area contributed by atoms with Crippen molar-refractivity contribution in [3.8, 4) is 0 Å². The number of carboxylic acid groups (broad SMARTS) is 1. The molecule has 0 fully saturated rings. The maximum atomic E-state index is 13.1. The first-order chi connectivity index (χ1) is 17.4. The van der Waals surface area contributed by atoms with Gasteiger partial charge in [0.05, 0.1) is 6.04 Å². The normalized spacial score (nSPS) is 14.9. The SMILES string of the molecule is C[C@H](NC(=O)[C@H](C)N(C)C(=O)[C@@H](N)C(CCC(=O)O)c1ccccc1)C(=O)N[C@@H](CCCCN)C(N)=O. The first kappa shape index (κ1) is 31.5. The summed E-state index contributed by atoms with van der Waals surface area (Å²) >= 11 is 0. The van der Waals surface area contributed by atoms with Crippen LogP contribution in [0.15, 0.2) is 30.3 Å². The van der Waals surface area contributed by atoms with Crippen LogP contribution in [0, 0.1) is 0 Å². The number of aliphatic carboxylic acids is 1. The molecule has 9 N–H and O–H groups in total. The van der Waals surface area contributed by atoms with E-state index >= 15 is 0 Å². The van der Waals surface area contributed by atoms with Crippen LogP contribution in [0.2, 0.25) is 0 Å². The molecule has 5 atom stereocenters. The molecule has 12 nitrogen and oxygen atoms in total. The number of rotatable bonds is 16. The average Bonchev–Trinajstić information content (AvgIpc) is 2.86. The van der Waals surface area contributed by atoms with E-state index in [0.29, 0.717) is 25.8 Å². The third-order valence-electron chi connectivity index (χ3n) is 6.28. The molecule has 1 unspecified atom stereocenters. The zero-order valence-electron chi connectivity index (χ0n) is 21.7. The Balaban J connectivity index is 2.82. The van der Waals surface area contributed by atoms with Crippen LogP contribution in [-0.2, 0) is 24.0 Å². The molecule has 0 radical (unpaired) electrons. The fourth-order valence-corrected chi connectivity index (χ4v) is 3.78. The number of nitrogens with two attached hydrogens (primary N) is 3. The molecule has 0 aromatic heterocycles. The number of amides is 4. The molecule has 37 heavy (non-hydrogen) atoms. The third kappa shape index (κ3) is 10.2. The summed E-state index contributed by atoms with van der Waals surface area (Å²) in [5, 5.41) is 14.2. The number of unbranched alkanes of at least 4 members (excludes halogenated alkanes) is 1. The van der Waals surface area contributed by atoms with Crippen molar-refractivity contribution >= 4 is 29.6 Å². The number of carboxylic acids is 1. The quantitative estimate of drug-likeness (QED) is 0.155. The van der Waals surface area contributed by atoms with Gasteiger partial charge in [-0.25, -0.2) is 0 Å². The predicted octanol–water partition coefficient (Wildman–Crippen LogP) is -0.587. The second-order valence-electron chi connectivity index (χ2n) is 9.08. The van der Waals surface area contributed by atoms with E-state index in [-0.39, 0.29) is 12.8 Å². The Morgan fingerprint density at radius 3 is 2.14 bits per heavy atom. The molecule has 206 valence electrons. The molecule has 0 saturated carbocycles. The summed E-state index contributed by atoms with van der Waals surface area (Å²) in [6.07, 6.45) is 1.57. The van der Waals surface area contributed by atoms with E-state index in [1.54, 1.807) is 30.3 Å². The number of primary amides is 1. The molecule has 4 amide bonds. The Hall–Kier alpha value is -3.51. The number of benzene rings is 1. The van der Waals surface area contributed by atoms with Crippen LogP contribution in [-0.4, -0.2) is 77.4 Å². The molecular weight excluding hydrogens is 480 g/mol. The van der Waals surface area contributed by atoms with E-state index in [2.05, 4.69) is 10.6 Å². The Bertz CT molecular complexity index is 928. The topological polar surface area (TPSA) is 211 Å². The van der Waals surface area contributed by atoms with E-state index < -0.39 is 59.7 Å². The van der Waals surface area contributed by atoms with Gasteiger partial charge in [0.2, 0.25) is 23.6 Å². The fourth-order valence-electron chi connectivity index (χ4n) is 3.78. The lowest BCUT2D eigenvalue weighted by Gasteiger charge is -2.31. The van der Waals surface area contributed by atoms with Crippen molar-refractivity contribution in [3.63, 3.8) is 0 Å². The molecule has 1 aromatic carbocycles. The number of hydrogen-bond donors (Lipinski definition) is 6.